The Kier molecular flexibility index (Phi) is 9.99. The molecule has 5 rings (SSSR count). The van der Waals surface area contributed by atoms with Gasteiger partial charge in [0.15, 0.2) is 0 Å². The summed E-state index contributed by atoms with van der Waals surface area (Å²) in [7, 11) is 0. The van der Waals surface area contributed by atoms with E-state index in [-0.39, 0.29) is 18.0 Å². The maximum Gasteiger partial charge on any atom is 0.312 e. The summed E-state index contributed by atoms with van der Waals surface area (Å²) in [5, 5.41) is 11.1. The minimum absolute atomic E-state index is 0.120. The standard InChI is InChI=1S/C34H38BrClN2O6/c1-4-6-7-11-18-43-33(42)26-27-31(40)38(25(20-39)22-14-9-8-10-15-22)30(34(27)19-23(35)29(26)44-34)32(41)37(17-5-2)28-21(3)13-12-16-24(28)36/h4-5,8-10,12-16,23,25-27,29-30,39H,1-2,6-7,11,17-20H2,3H3/t23?,25-,26+,27+,29+,30?,34?/m1/s1. The van der Waals surface area contributed by atoms with Crippen molar-refractivity contribution in [2.75, 3.05) is 24.7 Å². The topological polar surface area (TPSA) is 96.4 Å². The molecule has 2 aromatic rings. The number of hydrogen-bond acceptors (Lipinski definition) is 6. The molecule has 3 unspecified atom stereocenters. The fourth-order valence-electron chi connectivity index (χ4n) is 7.17. The molecule has 0 radical (unpaired) electrons. The number of nitrogens with zero attached hydrogens (tertiary/aromatic N) is 2. The summed E-state index contributed by atoms with van der Waals surface area (Å²) in [6.45, 7) is 9.35. The van der Waals surface area contributed by atoms with Gasteiger partial charge in [0.25, 0.3) is 5.91 Å². The lowest BCUT2D eigenvalue weighted by molar-refractivity contribution is -0.155. The fraction of sp³-hybridized carbons (Fsp3) is 0.441. The molecule has 3 aliphatic heterocycles. The molecule has 2 amide bonds. The van der Waals surface area contributed by atoms with Crippen molar-refractivity contribution in [2.45, 2.75) is 61.2 Å². The second-order valence-corrected chi connectivity index (χ2v) is 13.2. The molecule has 0 aromatic heterocycles. The highest BCUT2D eigenvalue weighted by Gasteiger charge is 2.77. The van der Waals surface area contributed by atoms with Crippen LogP contribution in [0.2, 0.25) is 5.02 Å². The zero-order chi connectivity index (χ0) is 31.6. The molecule has 1 N–H and O–H groups in total. The van der Waals surface area contributed by atoms with Gasteiger partial charge in [0.1, 0.15) is 11.6 Å². The van der Waals surface area contributed by atoms with Crippen molar-refractivity contribution in [3.05, 3.63) is 90.0 Å². The molecule has 10 heteroatoms. The highest BCUT2D eigenvalue weighted by Crippen LogP contribution is 2.61. The van der Waals surface area contributed by atoms with Gasteiger partial charge in [-0.25, -0.2) is 0 Å². The minimum atomic E-state index is -1.34. The van der Waals surface area contributed by atoms with Gasteiger partial charge >= 0.3 is 5.97 Å². The highest BCUT2D eigenvalue weighted by molar-refractivity contribution is 9.09. The van der Waals surface area contributed by atoms with Crippen molar-refractivity contribution >= 4 is 51.0 Å². The van der Waals surface area contributed by atoms with E-state index in [0.717, 1.165) is 18.4 Å². The van der Waals surface area contributed by atoms with Crippen LogP contribution in [0.3, 0.4) is 0 Å². The Hall–Kier alpha value is -2.98. The molecule has 0 aliphatic carbocycles. The number of allylic oxidation sites excluding steroid dienone is 1. The molecular formula is C34H38BrClN2O6. The van der Waals surface area contributed by atoms with Gasteiger partial charge in [0.05, 0.1) is 47.9 Å². The van der Waals surface area contributed by atoms with Gasteiger partial charge in [0, 0.05) is 11.4 Å². The van der Waals surface area contributed by atoms with Crippen molar-refractivity contribution in [3.63, 3.8) is 0 Å². The maximum atomic E-state index is 15.0. The molecule has 2 aromatic carbocycles. The first kappa shape index (κ1) is 32.4. The summed E-state index contributed by atoms with van der Waals surface area (Å²) in [6, 6.07) is 12.4. The van der Waals surface area contributed by atoms with Crippen LogP contribution in [0.4, 0.5) is 5.69 Å². The van der Waals surface area contributed by atoms with Crippen molar-refractivity contribution in [2.24, 2.45) is 11.8 Å². The van der Waals surface area contributed by atoms with Crippen molar-refractivity contribution in [1.29, 1.82) is 0 Å². The van der Waals surface area contributed by atoms with E-state index in [9.17, 15) is 19.5 Å². The van der Waals surface area contributed by atoms with Gasteiger partial charge in [-0.1, -0.05) is 82.1 Å². The lowest BCUT2D eigenvalue weighted by Gasteiger charge is -2.40. The van der Waals surface area contributed by atoms with Crippen LogP contribution in [0.1, 0.15) is 42.9 Å². The molecule has 234 valence electrons. The summed E-state index contributed by atoms with van der Waals surface area (Å²) >= 11 is 10.4. The average molecular weight is 686 g/mol. The van der Waals surface area contributed by atoms with E-state index in [0.29, 0.717) is 29.1 Å². The lowest BCUT2D eigenvalue weighted by atomic mass is 9.70. The van der Waals surface area contributed by atoms with Crippen molar-refractivity contribution < 1.29 is 29.0 Å². The number of anilines is 1. The van der Waals surface area contributed by atoms with E-state index < -0.39 is 60.0 Å². The van der Waals surface area contributed by atoms with Gasteiger partial charge in [-0.2, -0.15) is 0 Å². The fourth-order valence-corrected chi connectivity index (χ4v) is 8.44. The van der Waals surface area contributed by atoms with Crippen LogP contribution in [0, 0.1) is 18.8 Å². The van der Waals surface area contributed by atoms with E-state index in [2.05, 4.69) is 29.1 Å². The van der Waals surface area contributed by atoms with Crippen LogP contribution < -0.4 is 4.90 Å². The second kappa shape index (κ2) is 13.6. The molecule has 3 aliphatic rings. The van der Waals surface area contributed by atoms with Gasteiger partial charge in [-0.15, -0.1) is 13.2 Å². The number of hydrogen-bond donors (Lipinski definition) is 1. The van der Waals surface area contributed by atoms with Crippen LogP contribution in [0.25, 0.3) is 0 Å². The van der Waals surface area contributed by atoms with Crippen molar-refractivity contribution in [3.8, 4) is 0 Å². The van der Waals surface area contributed by atoms with Crippen LogP contribution in [-0.4, -0.2) is 70.1 Å². The second-order valence-electron chi connectivity index (χ2n) is 11.6. The van der Waals surface area contributed by atoms with Gasteiger partial charge in [0.2, 0.25) is 5.91 Å². The third-order valence-electron chi connectivity index (χ3n) is 9.01. The number of carbonyl (C=O) groups excluding carboxylic acids is 3. The molecule has 3 saturated heterocycles. The van der Waals surface area contributed by atoms with Gasteiger partial charge in [-0.3, -0.25) is 14.4 Å². The molecule has 1 spiro atoms. The van der Waals surface area contributed by atoms with E-state index in [4.69, 9.17) is 21.1 Å². The Morgan fingerprint density at radius 2 is 1.95 bits per heavy atom. The van der Waals surface area contributed by atoms with Gasteiger partial charge < -0.3 is 24.4 Å². The predicted molar refractivity (Wildman–Crippen MR) is 173 cm³/mol. The van der Waals surface area contributed by atoms with Crippen LogP contribution >= 0.6 is 27.5 Å². The number of aliphatic hydroxyl groups is 1. The molecule has 44 heavy (non-hydrogen) atoms. The SMILES string of the molecule is C=CCCCCOC(=O)[C@H]1[C@H]2C(=O)N([C@H](CO)c3ccccc3)C(C(=O)N(CC=C)c3c(C)cccc3Cl)C23CC(Br)[C@@H]1O3. The number of likely N-dealkylation sites (tertiary alicyclic amines) is 1. The molecule has 3 fully saturated rings. The number of para-hydroxylation sites is 1. The number of aryl methyl sites for hydroxylation is 1. The van der Waals surface area contributed by atoms with Crippen molar-refractivity contribution in [1.82, 2.24) is 4.90 Å². The number of halogens is 2. The molecule has 0 saturated carbocycles. The predicted octanol–water partition coefficient (Wildman–Crippen LogP) is 5.55. The Morgan fingerprint density at radius 1 is 1.20 bits per heavy atom. The number of benzene rings is 2. The van der Waals surface area contributed by atoms with Gasteiger partial charge in [-0.05, 0) is 49.8 Å². The minimum Gasteiger partial charge on any atom is -0.465 e. The summed E-state index contributed by atoms with van der Waals surface area (Å²) in [5.74, 6) is -3.24. The molecule has 3 heterocycles. The average Bonchev–Trinajstić information content (AvgIpc) is 3.60. The van der Waals surface area contributed by atoms with Crippen LogP contribution in [0.15, 0.2) is 73.8 Å². The first-order valence-electron chi connectivity index (χ1n) is 15.0. The smallest absolute Gasteiger partial charge is 0.312 e. The zero-order valence-electron chi connectivity index (χ0n) is 24.7. The highest BCUT2D eigenvalue weighted by atomic mass is 79.9. The molecule has 2 bridgehead atoms. The quantitative estimate of drug-likeness (QED) is 0.129. The number of fused-ring (bicyclic) bond motifs is 1. The van der Waals surface area contributed by atoms with Crippen LogP contribution in [0.5, 0.6) is 0 Å². The van der Waals surface area contributed by atoms with Crippen LogP contribution in [-0.2, 0) is 23.9 Å². The lowest BCUT2D eigenvalue weighted by Crippen LogP contribution is -2.57. The molecule has 8 nitrogen and oxygen atoms in total. The number of ether oxygens (including phenoxy) is 2. The number of amides is 2. The first-order chi connectivity index (χ1) is 21.2. The number of esters is 1. The number of rotatable bonds is 13. The number of alkyl halides is 1. The number of aliphatic hydroxyl groups excluding tert-OH is 1. The summed E-state index contributed by atoms with van der Waals surface area (Å²) in [5.41, 5.74) is 0.598. The van der Waals surface area contributed by atoms with E-state index >= 15 is 0 Å². The van der Waals surface area contributed by atoms with E-state index in [1.807, 2.05) is 49.4 Å². The van der Waals surface area contributed by atoms with E-state index in [1.54, 1.807) is 18.2 Å². The Morgan fingerprint density at radius 3 is 2.61 bits per heavy atom. The number of unbranched alkanes of at least 4 members (excludes halogenated alkanes) is 2. The van der Waals surface area contributed by atoms with E-state index in [1.165, 1.54) is 9.80 Å². The normalized spacial score (nSPS) is 27.6. The Bertz CT molecular complexity index is 1400. The molecular weight excluding hydrogens is 648 g/mol. The monoisotopic (exact) mass is 684 g/mol. The zero-order valence-corrected chi connectivity index (χ0v) is 27.1. The third kappa shape index (κ3) is 5.53. The summed E-state index contributed by atoms with van der Waals surface area (Å²) in [6.07, 6.45) is 5.39. The summed E-state index contributed by atoms with van der Waals surface area (Å²) in [4.78, 5) is 45.9. The summed E-state index contributed by atoms with van der Waals surface area (Å²) < 4.78 is 12.3. The Balaban J connectivity index is 1.60. The first-order valence-corrected chi connectivity index (χ1v) is 16.3. The largest absolute Gasteiger partial charge is 0.465 e. The maximum absolute atomic E-state index is 15.0. The Labute approximate surface area is 271 Å². The molecule has 7 atom stereocenters. The number of carbonyl (C=O) groups is 3. The third-order valence-corrected chi connectivity index (χ3v) is 10.2.